The number of benzene rings is 2. The molecule has 1 atom stereocenters. The Bertz CT molecular complexity index is 2000. The number of hydrogen-bond acceptors (Lipinski definition) is 8. The van der Waals surface area contributed by atoms with Crippen LogP contribution in [0.2, 0.25) is 0 Å². The highest BCUT2D eigenvalue weighted by Crippen LogP contribution is 2.51. The van der Waals surface area contributed by atoms with E-state index in [9.17, 15) is 18.0 Å². The van der Waals surface area contributed by atoms with Gasteiger partial charge in [0.25, 0.3) is 5.91 Å². The summed E-state index contributed by atoms with van der Waals surface area (Å²) in [6, 6.07) is 7.22. The van der Waals surface area contributed by atoms with E-state index in [-0.39, 0.29) is 74.8 Å². The number of rotatable bonds is 5. The number of hydrogen-bond donors (Lipinski definition) is 0. The van der Waals surface area contributed by atoms with Crippen molar-refractivity contribution in [1.82, 2.24) is 9.55 Å². The topological polar surface area (TPSA) is 125 Å². The molecule has 1 amide bonds. The number of aryl methyl sites for hydroxylation is 2. The number of fused-ring (bicyclic) bond motifs is 1. The predicted octanol–water partition coefficient (Wildman–Crippen LogP) is 5.32. The molecule has 4 heterocycles. The van der Waals surface area contributed by atoms with Crippen molar-refractivity contribution in [2.45, 2.75) is 40.2 Å². The molecule has 1 unspecified atom stereocenters. The number of halogens is 1. The fourth-order valence-electron chi connectivity index (χ4n) is 5.95. The Morgan fingerprint density at radius 3 is 2.67 bits per heavy atom. The molecule has 0 aliphatic carbocycles. The van der Waals surface area contributed by atoms with Crippen molar-refractivity contribution < 1.29 is 31.2 Å². The maximum Gasteiger partial charge on any atom is 0.424 e. The largest absolute Gasteiger partial charge is 0.489 e. The molecule has 0 saturated carbocycles. The van der Waals surface area contributed by atoms with E-state index in [1.54, 1.807) is 45.9 Å². The second-order valence-corrected chi connectivity index (χ2v) is 13.2. The van der Waals surface area contributed by atoms with Crippen LogP contribution in [-0.2, 0) is 9.84 Å². The van der Waals surface area contributed by atoms with Crippen molar-refractivity contribution in [3.8, 4) is 5.75 Å². The quantitative estimate of drug-likeness (QED) is 0.285. The number of carbonyl (C=O) groups is 1. The van der Waals surface area contributed by atoms with E-state index in [0.717, 1.165) is 6.07 Å². The Labute approximate surface area is 240 Å². The zero-order valence-electron chi connectivity index (χ0n) is 23.4. The van der Waals surface area contributed by atoms with Crippen molar-refractivity contribution in [1.29, 1.82) is 0 Å². The lowest BCUT2D eigenvalue weighted by Gasteiger charge is -2.37. The van der Waals surface area contributed by atoms with Crippen molar-refractivity contribution in [2.75, 3.05) is 17.3 Å². The third-order valence-corrected chi connectivity index (χ3v) is 9.71. The molecule has 4 aromatic rings. The third kappa shape index (κ3) is 4.28. The van der Waals surface area contributed by atoms with Crippen LogP contribution in [0.5, 0.6) is 5.75 Å². The smallest absolute Gasteiger partial charge is 0.424 e. The van der Waals surface area contributed by atoms with Crippen LogP contribution in [-0.4, -0.2) is 36.2 Å². The molecule has 218 valence electrons. The molecule has 2 aliphatic rings. The van der Waals surface area contributed by atoms with Gasteiger partial charge in [-0.25, -0.2) is 27.2 Å². The van der Waals surface area contributed by atoms with Gasteiger partial charge < -0.3 is 13.6 Å². The fourth-order valence-corrected chi connectivity index (χ4v) is 8.33. The summed E-state index contributed by atoms with van der Waals surface area (Å²) in [5, 5.41) is 0. The second kappa shape index (κ2) is 9.55. The van der Waals surface area contributed by atoms with Crippen molar-refractivity contribution in [2.24, 2.45) is 5.41 Å². The number of ether oxygens (including phenoxy) is 1. The van der Waals surface area contributed by atoms with Gasteiger partial charge in [0.05, 0.1) is 16.3 Å². The molecule has 0 spiro atoms. The second-order valence-electron chi connectivity index (χ2n) is 11.2. The van der Waals surface area contributed by atoms with E-state index in [0.29, 0.717) is 0 Å². The average Bonchev–Trinajstić information content (AvgIpc) is 3.37. The highest BCUT2D eigenvalue weighted by Gasteiger charge is 2.49. The van der Waals surface area contributed by atoms with Crippen LogP contribution < -0.4 is 15.4 Å². The molecule has 0 radical (unpaired) electrons. The molecule has 2 aromatic heterocycles. The normalized spacial score (nSPS) is 19.0. The SMILES string of the molecule is C=CCOc1ccc(C2C3=C(CC(C)(C)CS3(=O)=O)n3c(=O)oc4cccc(c43)N2C(=O)c2nc(C)oc2C)c(F)c1. The van der Waals surface area contributed by atoms with Gasteiger partial charge in [-0.3, -0.25) is 9.69 Å². The van der Waals surface area contributed by atoms with Crippen LogP contribution in [0, 0.1) is 25.1 Å². The average molecular weight is 594 g/mol. The van der Waals surface area contributed by atoms with Crippen LogP contribution in [0.25, 0.3) is 16.8 Å². The van der Waals surface area contributed by atoms with Crippen LogP contribution in [0.15, 0.2) is 67.6 Å². The van der Waals surface area contributed by atoms with Gasteiger partial charge in [0, 0.05) is 24.3 Å². The molecule has 2 aliphatic heterocycles. The molecule has 42 heavy (non-hydrogen) atoms. The number of carbonyl (C=O) groups excluding carboxylic acids is 1. The summed E-state index contributed by atoms with van der Waals surface area (Å²) < 4.78 is 62.4. The first-order valence-electron chi connectivity index (χ1n) is 13.2. The van der Waals surface area contributed by atoms with Crippen LogP contribution in [0.1, 0.15) is 54.0 Å². The third-order valence-electron chi connectivity index (χ3n) is 7.42. The Morgan fingerprint density at radius 1 is 1.24 bits per heavy atom. The number of nitrogens with zero attached hydrogens (tertiary/aromatic N) is 3. The van der Waals surface area contributed by atoms with Gasteiger partial charge in [-0.15, -0.1) is 0 Å². The van der Waals surface area contributed by atoms with Crippen molar-refractivity contribution in [3.63, 3.8) is 0 Å². The van der Waals surface area contributed by atoms with Crippen LogP contribution in [0.3, 0.4) is 0 Å². The summed E-state index contributed by atoms with van der Waals surface area (Å²) in [5.74, 6) is -2.01. The lowest BCUT2D eigenvalue weighted by atomic mass is 9.88. The van der Waals surface area contributed by atoms with Crippen LogP contribution in [0.4, 0.5) is 10.1 Å². The van der Waals surface area contributed by atoms with Gasteiger partial charge in [-0.1, -0.05) is 32.6 Å². The van der Waals surface area contributed by atoms with E-state index >= 15 is 4.39 Å². The van der Waals surface area contributed by atoms with Crippen molar-refractivity contribution in [3.05, 3.63) is 93.2 Å². The van der Waals surface area contributed by atoms with Crippen LogP contribution >= 0.6 is 0 Å². The Balaban J connectivity index is 1.75. The zero-order chi connectivity index (χ0) is 30.1. The molecule has 2 aromatic carbocycles. The maximum atomic E-state index is 16.1. The van der Waals surface area contributed by atoms with Gasteiger partial charge in [0.15, 0.2) is 27.0 Å². The molecular formula is C30H28FN3O7S. The Kier molecular flexibility index (Phi) is 6.30. The minimum absolute atomic E-state index is 0.0733. The summed E-state index contributed by atoms with van der Waals surface area (Å²) >= 11 is 0. The van der Waals surface area contributed by atoms with E-state index in [2.05, 4.69) is 11.6 Å². The van der Waals surface area contributed by atoms with Crippen molar-refractivity contribution >= 4 is 38.2 Å². The van der Waals surface area contributed by atoms with E-state index in [4.69, 9.17) is 13.6 Å². The first-order chi connectivity index (χ1) is 19.8. The van der Waals surface area contributed by atoms with Gasteiger partial charge in [0.1, 0.15) is 35.5 Å². The number of oxazole rings is 2. The lowest BCUT2D eigenvalue weighted by Crippen LogP contribution is -2.41. The number of amides is 1. The number of anilines is 1. The molecule has 12 heteroatoms. The molecule has 0 N–H and O–H groups in total. The van der Waals surface area contributed by atoms with E-state index < -0.39 is 38.8 Å². The molecule has 10 nitrogen and oxygen atoms in total. The van der Waals surface area contributed by atoms with Gasteiger partial charge in [0.2, 0.25) is 0 Å². The summed E-state index contributed by atoms with van der Waals surface area (Å²) in [4.78, 5) is 33.0. The highest BCUT2D eigenvalue weighted by molar-refractivity contribution is 7.95. The zero-order valence-corrected chi connectivity index (χ0v) is 24.2. The molecule has 0 bridgehead atoms. The Morgan fingerprint density at radius 2 is 2.00 bits per heavy atom. The minimum Gasteiger partial charge on any atom is -0.489 e. The standard InChI is InChI=1S/C30H28FN3O7S/c1-6-12-39-18-10-11-19(20(31)13-18)25-27-22(14-30(4,5)15-42(27,37)38)34-26-21(8-7-9-23(26)41-29(34)36)33(25)28(35)24-16(2)40-17(3)32-24/h6-11,13,25H,1,12,14-15H2,2-5H3. The summed E-state index contributed by atoms with van der Waals surface area (Å²) in [7, 11) is -4.19. The highest BCUT2D eigenvalue weighted by atomic mass is 32.2. The monoisotopic (exact) mass is 593 g/mol. The number of para-hydroxylation sites is 1. The molecule has 0 saturated heterocycles. The summed E-state index contributed by atoms with van der Waals surface area (Å²) in [6.07, 6.45) is 1.65. The Hall–Kier alpha value is -4.45. The lowest BCUT2D eigenvalue weighted by molar-refractivity contribution is 0.0975. The minimum atomic E-state index is -4.19. The molecule has 0 fully saturated rings. The summed E-state index contributed by atoms with van der Waals surface area (Å²) in [5.41, 5.74) is -0.330. The predicted molar refractivity (Wildman–Crippen MR) is 153 cm³/mol. The van der Waals surface area contributed by atoms with Gasteiger partial charge >= 0.3 is 5.76 Å². The number of sulfone groups is 1. The summed E-state index contributed by atoms with van der Waals surface area (Å²) in [6.45, 7) is 10.4. The molecule has 6 rings (SSSR count). The number of aromatic nitrogens is 2. The number of allylic oxidation sites excluding steroid dienone is 1. The van der Waals surface area contributed by atoms with Gasteiger partial charge in [-0.05, 0) is 43.0 Å². The molecular weight excluding hydrogens is 565 g/mol. The first kappa shape index (κ1) is 27.7. The fraction of sp³-hybridized carbons (Fsp3) is 0.300. The van der Waals surface area contributed by atoms with Gasteiger partial charge in [-0.2, -0.15) is 0 Å². The van der Waals surface area contributed by atoms with E-state index in [1.807, 2.05) is 0 Å². The van der Waals surface area contributed by atoms with E-state index in [1.165, 1.54) is 27.7 Å². The maximum absolute atomic E-state index is 16.1. The first-order valence-corrected chi connectivity index (χ1v) is 14.9.